The van der Waals surface area contributed by atoms with Gasteiger partial charge < -0.3 is 15.0 Å². The molecule has 4 heterocycles. The monoisotopic (exact) mass is 418 g/mol. The van der Waals surface area contributed by atoms with Crippen molar-refractivity contribution in [3.63, 3.8) is 0 Å². The van der Waals surface area contributed by atoms with E-state index in [0.717, 1.165) is 35.8 Å². The Kier molecular flexibility index (Phi) is 4.73. The van der Waals surface area contributed by atoms with Gasteiger partial charge in [-0.15, -0.1) is 15.3 Å². The molecule has 1 saturated heterocycles. The maximum atomic E-state index is 12.9. The lowest BCUT2D eigenvalue weighted by Gasteiger charge is -2.17. The molecule has 1 atom stereocenters. The summed E-state index contributed by atoms with van der Waals surface area (Å²) in [5, 5.41) is 20.0. The average Bonchev–Trinajstić information content (AvgIpc) is 3.52. The van der Waals surface area contributed by atoms with E-state index in [0.29, 0.717) is 17.9 Å². The Balaban J connectivity index is 1.27. The fourth-order valence-corrected chi connectivity index (χ4v) is 3.84. The number of amides is 1. The van der Waals surface area contributed by atoms with Crippen LogP contribution in [0.3, 0.4) is 0 Å². The largest absolute Gasteiger partial charge is 0.497 e. The van der Waals surface area contributed by atoms with Gasteiger partial charge in [0.2, 0.25) is 0 Å². The smallest absolute Gasteiger partial charge is 0.269 e. The number of ether oxygens (including phenoxy) is 1. The van der Waals surface area contributed by atoms with Crippen molar-refractivity contribution in [2.75, 3.05) is 25.1 Å². The maximum Gasteiger partial charge on any atom is 0.269 e. The third-order valence-corrected chi connectivity index (χ3v) is 5.47. The summed E-state index contributed by atoms with van der Waals surface area (Å²) >= 11 is 0. The van der Waals surface area contributed by atoms with Crippen molar-refractivity contribution in [3.05, 3.63) is 54.5 Å². The zero-order valence-corrected chi connectivity index (χ0v) is 17.3. The third kappa shape index (κ3) is 3.67. The van der Waals surface area contributed by atoms with Crippen molar-refractivity contribution >= 4 is 17.4 Å². The summed E-state index contributed by atoms with van der Waals surface area (Å²) < 4.78 is 8.54. The minimum Gasteiger partial charge on any atom is -0.497 e. The Morgan fingerprint density at radius 2 is 2.10 bits per heavy atom. The molecule has 5 rings (SSSR count). The molecule has 3 aromatic heterocycles. The summed E-state index contributed by atoms with van der Waals surface area (Å²) in [4.78, 5) is 15.1. The van der Waals surface area contributed by atoms with Gasteiger partial charge in [0, 0.05) is 31.7 Å². The first-order chi connectivity index (χ1) is 15.1. The number of nitrogens with one attached hydrogen (secondary N) is 1. The molecule has 10 nitrogen and oxygen atoms in total. The molecule has 1 aromatic carbocycles. The number of fused-ring (bicyclic) bond motifs is 1. The number of anilines is 1. The molecule has 10 heteroatoms. The molecule has 1 aliphatic rings. The van der Waals surface area contributed by atoms with E-state index < -0.39 is 0 Å². The van der Waals surface area contributed by atoms with E-state index in [2.05, 4.69) is 30.6 Å². The number of nitrogens with zero attached hydrogens (tertiary/aromatic N) is 7. The van der Waals surface area contributed by atoms with Gasteiger partial charge in [-0.05, 0) is 36.8 Å². The van der Waals surface area contributed by atoms with Gasteiger partial charge in [-0.1, -0.05) is 12.1 Å². The van der Waals surface area contributed by atoms with E-state index in [1.807, 2.05) is 36.4 Å². The van der Waals surface area contributed by atoms with Gasteiger partial charge in [0.05, 0.1) is 12.8 Å². The molecule has 1 N–H and O–H groups in total. The van der Waals surface area contributed by atoms with E-state index in [1.54, 1.807) is 35.7 Å². The summed E-state index contributed by atoms with van der Waals surface area (Å²) in [5.41, 5.74) is 2.85. The number of aryl methyl sites for hydroxylation is 1. The lowest BCUT2D eigenvalue weighted by Crippen LogP contribution is -2.38. The van der Waals surface area contributed by atoms with Gasteiger partial charge in [-0.3, -0.25) is 9.48 Å². The zero-order valence-electron chi connectivity index (χ0n) is 17.3. The number of carbonyl (C=O) groups is 1. The summed E-state index contributed by atoms with van der Waals surface area (Å²) in [6.07, 6.45) is 2.42. The van der Waals surface area contributed by atoms with Crippen molar-refractivity contribution in [3.8, 4) is 17.0 Å². The molecule has 0 radical (unpaired) electrons. The molecule has 4 aromatic rings. The van der Waals surface area contributed by atoms with Crippen LogP contribution >= 0.6 is 0 Å². The van der Waals surface area contributed by atoms with E-state index in [9.17, 15) is 4.79 Å². The minimum atomic E-state index is -0.141. The molecule has 0 spiro atoms. The Morgan fingerprint density at radius 1 is 1.19 bits per heavy atom. The molecule has 158 valence electrons. The van der Waals surface area contributed by atoms with E-state index in [1.165, 1.54) is 0 Å². The van der Waals surface area contributed by atoms with Crippen molar-refractivity contribution in [1.82, 2.24) is 34.9 Å². The van der Waals surface area contributed by atoms with E-state index in [-0.39, 0.29) is 11.9 Å². The normalized spacial score (nSPS) is 16.1. The second-order valence-electron chi connectivity index (χ2n) is 7.50. The maximum absolute atomic E-state index is 12.9. The number of hydrogen-bond donors (Lipinski definition) is 1. The highest BCUT2D eigenvalue weighted by Gasteiger charge is 2.26. The summed E-state index contributed by atoms with van der Waals surface area (Å²) in [6, 6.07) is 13.3. The highest BCUT2D eigenvalue weighted by molar-refractivity contribution is 5.94. The number of aromatic nitrogens is 6. The molecule has 1 aliphatic heterocycles. The topological polar surface area (TPSA) is 102 Å². The highest BCUT2D eigenvalue weighted by atomic mass is 16.5. The quantitative estimate of drug-likeness (QED) is 0.524. The molecule has 0 aliphatic carbocycles. The third-order valence-electron chi connectivity index (χ3n) is 5.47. The predicted molar refractivity (Wildman–Crippen MR) is 114 cm³/mol. The molecule has 0 saturated carbocycles. The van der Waals surface area contributed by atoms with Crippen LogP contribution in [0.15, 0.2) is 48.8 Å². The van der Waals surface area contributed by atoms with E-state index >= 15 is 0 Å². The Labute approximate surface area is 178 Å². The average molecular weight is 418 g/mol. The lowest BCUT2D eigenvalue weighted by molar-refractivity contribution is 0.0931. The Hall–Kier alpha value is -3.95. The number of carbonyl (C=O) groups excluding carboxylic acids is 1. The zero-order chi connectivity index (χ0) is 21.4. The van der Waals surface area contributed by atoms with Crippen molar-refractivity contribution in [2.24, 2.45) is 7.05 Å². The van der Waals surface area contributed by atoms with Gasteiger partial charge in [0.15, 0.2) is 5.65 Å². The van der Waals surface area contributed by atoms with Gasteiger partial charge in [0.25, 0.3) is 5.91 Å². The van der Waals surface area contributed by atoms with Crippen LogP contribution in [0, 0.1) is 0 Å². The molecule has 1 fully saturated rings. The SMILES string of the molecule is COc1cccc(-c2cc(C(=O)NC3CCN(c4ccc5nncn5n4)C3)n(C)n2)c1. The number of methoxy groups -OCH3 is 1. The molecule has 31 heavy (non-hydrogen) atoms. The first-order valence-electron chi connectivity index (χ1n) is 10.0. The molecular formula is C21H22N8O2. The Morgan fingerprint density at radius 3 is 2.97 bits per heavy atom. The summed E-state index contributed by atoms with van der Waals surface area (Å²) in [5.74, 6) is 1.45. The highest BCUT2D eigenvalue weighted by Crippen LogP contribution is 2.24. The molecular weight excluding hydrogens is 396 g/mol. The fraction of sp³-hybridized carbons (Fsp3) is 0.286. The standard InChI is InChI=1S/C21H22N8O2/c1-27-18(11-17(25-27)14-4-3-5-16(10-14)31-2)21(30)23-15-8-9-28(12-15)20-7-6-19-24-22-13-29(19)26-20/h3-7,10-11,13,15H,8-9,12H2,1-2H3,(H,23,30). The van der Waals surface area contributed by atoms with Gasteiger partial charge in [0.1, 0.15) is 23.6 Å². The van der Waals surface area contributed by atoms with E-state index in [4.69, 9.17) is 4.74 Å². The van der Waals surface area contributed by atoms with Crippen LogP contribution in [-0.4, -0.2) is 61.7 Å². The van der Waals surface area contributed by atoms with Crippen LogP contribution < -0.4 is 15.0 Å². The summed E-state index contributed by atoms with van der Waals surface area (Å²) in [6.45, 7) is 1.50. The van der Waals surface area contributed by atoms with Crippen LogP contribution in [0.5, 0.6) is 5.75 Å². The number of benzene rings is 1. The molecule has 1 amide bonds. The first-order valence-corrected chi connectivity index (χ1v) is 10.0. The van der Waals surface area contributed by atoms with Gasteiger partial charge >= 0.3 is 0 Å². The number of hydrogen-bond acceptors (Lipinski definition) is 7. The van der Waals surface area contributed by atoms with Gasteiger partial charge in [-0.2, -0.15) is 9.61 Å². The second-order valence-corrected chi connectivity index (χ2v) is 7.50. The van der Waals surface area contributed by atoms with Crippen LogP contribution in [-0.2, 0) is 7.05 Å². The van der Waals surface area contributed by atoms with Crippen LogP contribution in [0.4, 0.5) is 5.82 Å². The van der Waals surface area contributed by atoms with Crippen LogP contribution in [0.1, 0.15) is 16.9 Å². The van der Waals surface area contributed by atoms with Crippen LogP contribution in [0.25, 0.3) is 16.9 Å². The predicted octanol–water partition coefficient (Wildman–Crippen LogP) is 1.54. The van der Waals surface area contributed by atoms with Crippen LogP contribution in [0.2, 0.25) is 0 Å². The second kappa shape index (κ2) is 7.71. The first kappa shape index (κ1) is 19.0. The molecule has 1 unspecified atom stereocenters. The number of rotatable bonds is 5. The fourth-order valence-electron chi connectivity index (χ4n) is 3.84. The van der Waals surface area contributed by atoms with Gasteiger partial charge in [-0.25, -0.2) is 0 Å². The molecule has 0 bridgehead atoms. The Bertz CT molecular complexity index is 1250. The lowest BCUT2D eigenvalue weighted by atomic mass is 10.1. The summed E-state index contributed by atoms with van der Waals surface area (Å²) in [7, 11) is 3.40. The van der Waals surface area contributed by atoms with Crippen molar-refractivity contribution < 1.29 is 9.53 Å². The van der Waals surface area contributed by atoms with Crippen molar-refractivity contribution in [2.45, 2.75) is 12.5 Å². The van der Waals surface area contributed by atoms with Crippen molar-refractivity contribution in [1.29, 1.82) is 0 Å². The minimum absolute atomic E-state index is 0.0288.